The van der Waals surface area contributed by atoms with E-state index in [-0.39, 0.29) is 18.4 Å². The average molecular weight is 329 g/mol. The average Bonchev–Trinajstić information content (AvgIpc) is 2.44. The molecule has 0 saturated heterocycles. The van der Waals surface area contributed by atoms with Crippen LogP contribution in [0.2, 0.25) is 0 Å². The van der Waals surface area contributed by atoms with Crippen LogP contribution in [0.25, 0.3) is 0 Å². The van der Waals surface area contributed by atoms with Gasteiger partial charge in [-0.1, -0.05) is 28.1 Å². The van der Waals surface area contributed by atoms with Crippen LogP contribution in [0, 0.1) is 0 Å². The third-order valence-corrected chi connectivity index (χ3v) is 3.28. The Morgan fingerprint density at radius 1 is 1.32 bits per heavy atom. The van der Waals surface area contributed by atoms with Gasteiger partial charge in [0, 0.05) is 11.8 Å². The molecule has 0 N–H and O–H groups in total. The van der Waals surface area contributed by atoms with E-state index < -0.39 is 0 Å². The van der Waals surface area contributed by atoms with E-state index >= 15 is 0 Å². The van der Waals surface area contributed by atoms with E-state index in [1.54, 1.807) is 13.0 Å². The summed E-state index contributed by atoms with van der Waals surface area (Å²) in [5.74, 6) is -0.650. The Kier molecular flexibility index (Phi) is 6.56. The summed E-state index contributed by atoms with van der Waals surface area (Å²) in [6.45, 7) is 2.13. The van der Waals surface area contributed by atoms with Crippen LogP contribution in [0.5, 0.6) is 0 Å². The number of ether oxygens (including phenoxy) is 2. The predicted molar refractivity (Wildman–Crippen MR) is 75.4 cm³/mol. The van der Waals surface area contributed by atoms with Gasteiger partial charge in [0.15, 0.2) is 0 Å². The number of aryl methyl sites for hydroxylation is 1. The zero-order valence-corrected chi connectivity index (χ0v) is 12.7. The quantitative estimate of drug-likeness (QED) is 0.595. The Balaban J connectivity index is 2.88. The molecule has 0 fully saturated rings. The molecule has 19 heavy (non-hydrogen) atoms. The molecular formula is C14H17BrO4. The van der Waals surface area contributed by atoms with Crippen LogP contribution in [-0.4, -0.2) is 25.7 Å². The largest absolute Gasteiger partial charge is 0.466 e. The van der Waals surface area contributed by atoms with E-state index in [1.807, 2.05) is 12.1 Å². The number of hydrogen-bond acceptors (Lipinski definition) is 4. The molecule has 0 bridgehead atoms. The molecule has 0 amide bonds. The summed E-state index contributed by atoms with van der Waals surface area (Å²) >= 11 is 3.37. The van der Waals surface area contributed by atoms with Gasteiger partial charge < -0.3 is 9.47 Å². The second-order valence-corrected chi connectivity index (χ2v) is 4.48. The number of methoxy groups -OCH3 is 1. The molecule has 0 aliphatic heterocycles. The first-order valence-corrected chi connectivity index (χ1v) is 7.16. The smallest absolute Gasteiger partial charge is 0.338 e. The zero-order chi connectivity index (χ0) is 14.3. The Morgan fingerprint density at radius 2 is 2.05 bits per heavy atom. The topological polar surface area (TPSA) is 52.6 Å². The van der Waals surface area contributed by atoms with Crippen LogP contribution < -0.4 is 0 Å². The number of alkyl halides is 1. The number of rotatable bonds is 6. The van der Waals surface area contributed by atoms with Gasteiger partial charge in [-0.2, -0.15) is 0 Å². The third-order valence-electron chi connectivity index (χ3n) is 2.63. The molecule has 0 unspecified atom stereocenters. The van der Waals surface area contributed by atoms with Crippen molar-refractivity contribution in [2.75, 3.05) is 13.7 Å². The first kappa shape index (κ1) is 15.7. The first-order chi connectivity index (χ1) is 9.12. The van der Waals surface area contributed by atoms with Crippen LogP contribution in [0.4, 0.5) is 0 Å². The van der Waals surface area contributed by atoms with Crippen LogP contribution in [0.1, 0.15) is 34.8 Å². The van der Waals surface area contributed by atoms with Gasteiger partial charge >= 0.3 is 11.9 Å². The zero-order valence-electron chi connectivity index (χ0n) is 11.1. The highest BCUT2D eigenvalue weighted by Gasteiger charge is 2.13. The Morgan fingerprint density at radius 3 is 2.63 bits per heavy atom. The van der Waals surface area contributed by atoms with Gasteiger partial charge in [0.25, 0.3) is 0 Å². The Labute approximate surface area is 121 Å². The van der Waals surface area contributed by atoms with E-state index in [0.717, 1.165) is 11.1 Å². The lowest BCUT2D eigenvalue weighted by Crippen LogP contribution is -2.10. The highest BCUT2D eigenvalue weighted by atomic mass is 79.9. The summed E-state index contributed by atoms with van der Waals surface area (Å²) < 4.78 is 9.62. The molecule has 0 aliphatic rings. The van der Waals surface area contributed by atoms with Gasteiger partial charge in [-0.25, -0.2) is 4.79 Å². The van der Waals surface area contributed by atoms with Crippen LogP contribution in [0.3, 0.4) is 0 Å². The van der Waals surface area contributed by atoms with Crippen LogP contribution in [-0.2, 0) is 26.0 Å². The van der Waals surface area contributed by atoms with Gasteiger partial charge in [0.1, 0.15) is 0 Å². The summed E-state index contributed by atoms with van der Waals surface area (Å²) in [6.07, 6.45) is 0.716. The highest BCUT2D eigenvalue weighted by Crippen LogP contribution is 2.17. The standard InChI is InChI=1S/C14H17BrO4/c1-3-19-13(16)7-5-11-8-10(9-15)4-6-12(11)14(17)18-2/h4,6,8H,3,5,7,9H2,1-2H3. The van der Waals surface area contributed by atoms with Crippen molar-refractivity contribution in [3.8, 4) is 0 Å². The van der Waals surface area contributed by atoms with Crippen molar-refractivity contribution < 1.29 is 19.1 Å². The lowest BCUT2D eigenvalue weighted by molar-refractivity contribution is -0.143. The van der Waals surface area contributed by atoms with Crippen molar-refractivity contribution in [3.05, 3.63) is 34.9 Å². The molecule has 0 saturated carbocycles. The van der Waals surface area contributed by atoms with Gasteiger partial charge in [-0.05, 0) is 30.5 Å². The summed E-state index contributed by atoms with van der Waals surface area (Å²) in [4.78, 5) is 23.0. The summed E-state index contributed by atoms with van der Waals surface area (Å²) in [5, 5.41) is 0.695. The van der Waals surface area contributed by atoms with Crippen molar-refractivity contribution in [3.63, 3.8) is 0 Å². The lowest BCUT2D eigenvalue weighted by Gasteiger charge is -2.09. The fourth-order valence-corrected chi connectivity index (χ4v) is 2.06. The molecule has 1 aromatic carbocycles. The van der Waals surface area contributed by atoms with Crippen molar-refractivity contribution in [2.45, 2.75) is 25.1 Å². The predicted octanol–water partition coefficient (Wildman–Crippen LogP) is 2.86. The van der Waals surface area contributed by atoms with E-state index in [0.29, 0.717) is 23.9 Å². The van der Waals surface area contributed by atoms with Crippen molar-refractivity contribution >= 4 is 27.9 Å². The summed E-state index contributed by atoms with van der Waals surface area (Å²) in [7, 11) is 1.34. The molecule has 1 aromatic rings. The maximum atomic E-state index is 11.7. The lowest BCUT2D eigenvalue weighted by atomic mass is 10.0. The maximum absolute atomic E-state index is 11.7. The number of hydrogen-bond donors (Lipinski definition) is 0. The van der Waals surface area contributed by atoms with E-state index in [2.05, 4.69) is 15.9 Å². The molecule has 0 aromatic heterocycles. The number of halogens is 1. The second-order valence-electron chi connectivity index (χ2n) is 3.92. The highest BCUT2D eigenvalue weighted by molar-refractivity contribution is 9.08. The Hall–Kier alpha value is -1.36. The minimum Gasteiger partial charge on any atom is -0.466 e. The SMILES string of the molecule is CCOC(=O)CCc1cc(CBr)ccc1C(=O)OC. The number of carbonyl (C=O) groups is 2. The monoisotopic (exact) mass is 328 g/mol. The maximum Gasteiger partial charge on any atom is 0.338 e. The van der Waals surface area contributed by atoms with E-state index in [4.69, 9.17) is 9.47 Å². The van der Waals surface area contributed by atoms with Gasteiger partial charge in [0.2, 0.25) is 0 Å². The van der Waals surface area contributed by atoms with Crippen molar-refractivity contribution in [2.24, 2.45) is 0 Å². The van der Waals surface area contributed by atoms with Gasteiger partial charge in [0.05, 0.1) is 19.3 Å². The second kappa shape index (κ2) is 7.94. The molecule has 0 aliphatic carbocycles. The minimum absolute atomic E-state index is 0.254. The molecule has 4 nitrogen and oxygen atoms in total. The minimum atomic E-state index is -0.389. The van der Waals surface area contributed by atoms with E-state index in [9.17, 15) is 9.59 Å². The Bertz CT molecular complexity index is 457. The van der Waals surface area contributed by atoms with Crippen molar-refractivity contribution in [1.29, 1.82) is 0 Å². The van der Waals surface area contributed by atoms with Crippen molar-refractivity contribution in [1.82, 2.24) is 0 Å². The molecule has 0 atom stereocenters. The van der Waals surface area contributed by atoms with E-state index in [1.165, 1.54) is 7.11 Å². The summed E-state index contributed by atoms with van der Waals surface area (Å²) in [6, 6.07) is 5.48. The van der Waals surface area contributed by atoms with Crippen LogP contribution in [0.15, 0.2) is 18.2 Å². The normalized spacial score (nSPS) is 10.1. The van der Waals surface area contributed by atoms with Crippen LogP contribution >= 0.6 is 15.9 Å². The molecular weight excluding hydrogens is 312 g/mol. The molecule has 104 valence electrons. The molecule has 0 radical (unpaired) electrons. The first-order valence-electron chi connectivity index (χ1n) is 6.04. The fourth-order valence-electron chi connectivity index (χ4n) is 1.72. The van der Waals surface area contributed by atoms with Gasteiger partial charge in [-0.15, -0.1) is 0 Å². The summed E-state index contributed by atoms with van der Waals surface area (Å²) in [5.41, 5.74) is 2.35. The van der Waals surface area contributed by atoms with Gasteiger partial charge in [-0.3, -0.25) is 4.79 Å². The molecule has 5 heteroatoms. The third kappa shape index (κ3) is 4.67. The number of esters is 2. The molecule has 1 rings (SSSR count). The number of carbonyl (C=O) groups excluding carboxylic acids is 2. The molecule has 0 spiro atoms. The molecule has 0 heterocycles. The fraction of sp³-hybridized carbons (Fsp3) is 0.429. The number of benzene rings is 1.